The number of tetrazole rings is 1. The van der Waals surface area contributed by atoms with Gasteiger partial charge in [0.05, 0.1) is 31.3 Å². The number of rotatable bonds is 7. The molecule has 10 heteroatoms. The van der Waals surface area contributed by atoms with Crippen LogP contribution in [0, 0.1) is 0 Å². The van der Waals surface area contributed by atoms with Crippen molar-refractivity contribution < 1.29 is 14.3 Å². The lowest BCUT2D eigenvalue weighted by Crippen LogP contribution is -2.15. The Morgan fingerprint density at radius 2 is 1.96 bits per heavy atom. The fourth-order valence-electron chi connectivity index (χ4n) is 2.23. The number of benzene rings is 2. The predicted molar refractivity (Wildman–Crippen MR) is 103 cm³/mol. The maximum absolute atomic E-state index is 12.3. The van der Waals surface area contributed by atoms with Crippen LogP contribution in [-0.4, -0.2) is 46.1 Å². The number of hydrogen-bond donors (Lipinski definition) is 1. The van der Waals surface area contributed by atoms with Gasteiger partial charge in [-0.05, 0) is 46.8 Å². The Morgan fingerprint density at radius 3 is 2.67 bits per heavy atom. The van der Waals surface area contributed by atoms with E-state index in [9.17, 15) is 4.79 Å². The molecule has 0 saturated heterocycles. The van der Waals surface area contributed by atoms with Gasteiger partial charge in [-0.3, -0.25) is 4.79 Å². The van der Waals surface area contributed by atoms with Crippen molar-refractivity contribution in [1.29, 1.82) is 0 Å². The second-order valence-corrected chi connectivity index (χ2v) is 6.63. The molecule has 0 spiro atoms. The van der Waals surface area contributed by atoms with E-state index >= 15 is 0 Å². The number of carbonyl (C=O) groups is 1. The molecule has 0 aliphatic rings. The molecule has 3 aromatic rings. The van der Waals surface area contributed by atoms with Gasteiger partial charge in [-0.2, -0.15) is 4.68 Å². The Kier molecular flexibility index (Phi) is 6.15. The van der Waals surface area contributed by atoms with E-state index in [0.717, 1.165) is 5.69 Å². The first-order chi connectivity index (χ1) is 13.1. The predicted octanol–water partition coefficient (Wildman–Crippen LogP) is 3.06. The molecule has 0 unspecified atom stereocenters. The molecule has 0 aliphatic heterocycles. The maximum Gasteiger partial charge on any atom is 0.234 e. The minimum atomic E-state index is -0.214. The smallest absolute Gasteiger partial charge is 0.234 e. The molecule has 140 valence electrons. The molecular weight excluding hydrogens is 390 g/mol. The molecule has 1 amide bonds. The number of nitrogens with zero attached hydrogens (tertiary/aromatic N) is 4. The summed E-state index contributed by atoms with van der Waals surface area (Å²) < 4.78 is 12.0. The number of ether oxygens (including phenoxy) is 2. The van der Waals surface area contributed by atoms with Crippen LogP contribution in [0.25, 0.3) is 5.69 Å². The van der Waals surface area contributed by atoms with Crippen LogP contribution < -0.4 is 14.8 Å². The van der Waals surface area contributed by atoms with Crippen LogP contribution in [0.1, 0.15) is 0 Å². The lowest BCUT2D eigenvalue weighted by Gasteiger charge is -2.11. The highest BCUT2D eigenvalue weighted by atomic mass is 35.5. The number of aromatic nitrogens is 4. The van der Waals surface area contributed by atoms with E-state index in [4.69, 9.17) is 21.1 Å². The summed E-state index contributed by atoms with van der Waals surface area (Å²) >= 11 is 7.12. The van der Waals surface area contributed by atoms with Crippen LogP contribution in [0.4, 0.5) is 5.69 Å². The molecule has 27 heavy (non-hydrogen) atoms. The molecule has 0 bridgehead atoms. The minimum Gasteiger partial charge on any atom is -0.497 e. The molecule has 1 heterocycles. The van der Waals surface area contributed by atoms with Crippen LogP contribution in [-0.2, 0) is 4.79 Å². The monoisotopic (exact) mass is 405 g/mol. The van der Waals surface area contributed by atoms with Crippen LogP contribution in [0.3, 0.4) is 0 Å². The van der Waals surface area contributed by atoms with Crippen LogP contribution >= 0.6 is 23.4 Å². The molecule has 0 atom stereocenters. The Hall–Kier alpha value is -2.78. The van der Waals surface area contributed by atoms with Crippen LogP contribution in [0.15, 0.2) is 47.6 Å². The zero-order valence-electron chi connectivity index (χ0n) is 14.5. The Labute approximate surface area is 164 Å². The first kappa shape index (κ1) is 19.0. The first-order valence-corrected chi connectivity index (χ1v) is 9.16. The van der Waals surface area contributed by atoms with Crippen molar-refractivity contribution in [1.82, 2.24) is 20.2 Å². The van der Waals surface area contributed by atoms with Crippen molar-refractivity contribution >= 4 is 35.0 Å². The molecule has 3 rings (SSSR count). The summed E-state index contributed by atoms with van der Waals surface area (Å²) in [6.07, 6.45) is 0. The van der Waals surface area contributed by atoms with Gasteiger partial charge in [0.2, 0.25) is 11.1 Å². The molecule has 1 aromatic heterocycles. The van der Waals surface area contributed by atoms with Gasteiger partial charge in [0, 0.05) is 11.1 Å². The second kappa shape index (κ2) is 8.74. The molecule has 0 radical (unpaired) electrons. The molecule has 0 aliphatic carbocycles. The third-order valence-electron chi connectivity index (χ3n) is 3.53. The van der Waals surface area contributed by atoms with Gasteiger partial charge in [0.1, 0.15) is 11.5 Å². The fraction of sp³-hybridized carbons (Fsp3) is 0.176. The van der Waals surface area contributed by atoms with E-state index in [1.165, 1.54) is 18.9 Å². The van der Waals surface area contributed by atoms with Gasteiger partial charge in [-0.25, -0.2) is 0 Å². The normalized spacial score (nSPS) is 10.5. The fourth-order valence-corrected chi connectivity index (χ4v) is 3.05. The Bertz CT molecular complexity index is 933. The van der Waals surface area contributed by atoms with Gasteiger partial charge in [0.25, 0.3) is 0 Å². The van der Waals surface area contributed by atoms with E-state index in [1.54, 1.807) is 54.3 Å². The third-order valence-corrected chi connectivity index (χ3v) is 4.70. The molecule has 0 fully saturated rings. The SMILES string of the molecule is COc1ccc(NC(=O)CSc2nnnn2-c2ccc(Cl)cc2)c(OC)c1. The Morgan fingerprint density at radius 1 is 1.19 bits per heavy atom. The largest absolute Gasteiger partial charge is 0.497 e. The maximum atomic E-state index is 12.3. The number of nitrogens with one attached hydrogen (secondary N) is 1. The number of amides is 1. The number of anilines is 1. The summed E-state index contributed by atoms with van der Waals surface area (Å²) in [5.41, 5.74) is 1.31. The van der Waals surface area contributed by atoms with E-state index in [2.05, 4.69) is 20.8 Å². The van der Waals surface area contributed by atoms with Gasteiger partial charge in [-0.15, -0.1) is 5.10 Å². The standard InChI is InChI=1S/C17H16ClN5O3S/c1-25-13-7-8-14(15(9-13)26-2)19-16(24)10-27-17-20-21-22-23(17)12-5-3-11(18)4-6-12/h3-9H,10H2,1-2H3,(H,19,24). The van der Waals surface area contributed by atoms with E-state index in [1.807, 2.05) is 0 Å². The molecule has 1 N–H and O–H groups in total. The third kappa shape index (κ3) is 4.69. The van der Waals surface area contributed by atoms with E-state index in [0.29, 0.717) is 27.4 Å². The number of carbonyl (C=O) groups excluding carboxylic acids is 1. The van der Waals surface area contributed by atoms with Crippen LogP contribution in [0.5, 0.6) is 11.5 Å². The van der Waals surface area contributed by atoms with Crippen molar-refractivity contribution in [2.45, 2.75) is 5.16 Å². The zero-order valence-corrected chi connectivity index (χ0v) is 16.1. The first-order valence-electron chi connectivity index (χ1n) is 7.79. The number of thioether (sulfide) groups is 1. The lowest BCUT2D eigenvalue weighted by molar-refractivity contribution is -0.113. The minimum absolute atomic E-state index is 0.128. The number of methoxy groups -OCH3 is 2. The highest BCUT2D eigenvalue weighted by molar-refractivity contribution is 7.99. The molecule has 8 nitrogen and oxygen atoms in total. The number of hydrogen-bond acceptors (Lipinski definition) is 7. The zero-order chi connectivity index (χ0) is 19.2. The quantitative estimate of drug-likeness (QED) is 0.604. The second-order valence-electron chi connectivity index (χ2n) is 5.25. The summed E-state index contributed by atoms with van der Waals surface area (Å²) in [6, 6.07) is 12.2. The van der Waals surface area contributed by atoms with Gasteiger partial charge >= 0.3 is 0 Å². The van der Waals surface area contributed by atoms with E-state index in [-0.39, 0.29) is 11.7 Å². The Balaban J connectivity index is 1.65. The lowest BCUT2D eigenvalue weighted by atomic mass is 10.2. The van der Waals surface area contributed by atoms with Crippen molar-refractivity contribution in [3.8, 4) is 17.2 Å². The van der Waals surface area contributed by atoms with Gasteiger partial charge < -0.3 is 14.8 Å². The van der Waals surface area contributed by atoms with Crippen molar-refractivity contribution in [2.75, 3.05) is 25.3 Å². The molecule has 2 aromatic carbocycles. The van der Waals surface area contributed by atoms with E-state index < -0.39 is 0 Å². The van der Waals surface area contributed by atoms with Crippen molar-refractivity contribution in [3.05, 3.63) is 47.5 Å². The molecule has 0 saturated carbocycles. The summed E-state index contributed by atoms with van der Waals surface area (Å²) in [7, 11) is 3.09. The summed E-state index contributed by atoms with van der Waals surface area (Å²) in [5, 5.41) is 15.5. The average Bonchev–Trinajstić information content (AvgIpc) is 3.16. The summed E-state index contributed by atoms with van der Waals surface area (Å²) in [5.74, 6) is 1.07. The van der Waals surface area contributed by atoms with Gasteiger partial charge in [0.15, 0.2) is 0 Å². The molecular formula is C17H16ClN5O3S. The number of halogens is 1. The topological polar surface area (TPSA) is 91.2 Å². The van der Waals surface area contributed by atoms with Crippen molar-refractivity contribution in [2.24, 2.45) is 0 Å². The highest BCUT2D eigenvalue weighted by Crippen LogP contribution is 2.29. The summed E-state index contributed by atoms with van der Waals surface area (Å²) in [4.78, 5) is 12.3. The highest BCUT2D eigenvalue weighted by Gasteiger charge is 2.13. The van der Waals surface area contributed by atoms with Crippen molar-refractivity contribution in [3.63, 3.8) is 0 Å². The van der Waals surface area contributed by atoms with Crippen LogP contribution in [0.2, 0.25) is 5.02 Å². The average molecular weight is 406 g/mol. The van der Waals surface area contributed by atoms with Gasteiger partial charge in [-0.1, -0.05) is 23.4 Å². The summed E-state index contributed by atoms with van der Waals surface area (Å²) in [6.45, 7) is 0.